The number of nitrogens with zero attached hydrogens (tertiary/aromatic N) is 1. The van der Waals surface area contributed by atoms with Crippen LogP contribution in [0.5, 0.6) is 0 Å². The fourth-order valence-corrected chi connectivity index (χ4v) is 1.45. The number of carbonyl (C=O) groups is 1. The summed E-state index contributed by atoms with van der Waals surface area (Å²) < 4.78 is 5.30. The molecule has 0 unspecified atom stereocenters. The van der Waals surface area contributed by atoms with Gasteiger partial charge in [0.1, 0.15) is 6.61 Å². The maximum Gasteiger partial charge on any atom is 0.339 e. The van der Waals surface area contributed by atoms with Crippen molar-refractivity contribution in [2.75, 3.05) is 0 Å². The second-order valence-electron chi connectivity index (χ2n) is 4.96. The quantitative estimate of drug-likeness (QED) is 0.460. The second kappa shape index (κ2) is 8.10. The summed E-state index contributed by atoms with van der Waals surface area (Å²) in [6, 6.07) is 9.61. The number of esters is 1. The van der Waals surface area contributed by atoms with Crippen LogP contribution in [0.25, 0.3) is 0 Å². The van der Waals surface area contributed by atoms with Gasteiger partial charge in [-0.15, -0.1) is 0 Å². The van der Waals surface area contributed by atoms with Crippen molar-refractivity contribution in [3.8, 4) is 0 Å². The molecule has 106 valence electrons. The van der Waals surface area contributed by atoms with Crippen molar-refractivity contribution in [2.24, 2.45) is 4.99 Å². The maximum atomic E-state index is 12.0. The van der Waals surface area contributed by atoms with Gasteiger partial charge in [0.25, 0.3) is 0 Å². The normalized spacial score (nSPS) is 10.2. The molecule has 20 heavy (non-hydrogen) atoms. The van der Waals surface area contributed by atoms with Crippen molar-refractivity contribution in [1.29, 1.82) is 0 Å². The number of hydrogen-bond donors (Lipinski definition) is 0. The van der Waals surface area contributed by atoms with E-state index in [0.29, 0.717) is 5.57 Å². The molecule has 0 atom stereocenters. The Morgan fingerprint density at radius 3 is 2.35 bits per heavy atom. The molecule has 0 spiro atoms. The van der Waals surface area contributed by atoms with Gasteiger partial charge in [-0.3, -0.25) is 4.99 Å². The van der Waals surface area contributed by atoms with E-state index in [1.54, 1.807) is 12.4 Å². The molecule has 0 bridgehead atoms. The third kappa shape index (κ3) is 5.65. The summed E-state index contributed by atoms with van der Waals surface area (Å²) in [7, 11) is 0. The van der Waals surface area contributed by atoms with E-state index in [0.717, 1.165) is 16.7 Å². The molecule has 0 radical (unpaired) electrons. The zero-order chi connectivity index (χ0) is 15.0. The van der Waals surface area contributed by atoms with E-state index in [1.807, 2.05) is 58.0 Å². The number of allylic oxidation sites excluding steroid dienone is 2. The van der Waals surface area contributed by atoms with Crippen LogP contribution >= 0.6 is 0 Å². The zero-order valence-corrected chi connectivity index (χ0v) is 12.5. The molecule has 0 saturated heterocycles. The van der Waals surface area contributed by atoms with Gasteiger partial charge in [0, 0.05) is 12.4 Å². The lowest BCUT2D eigenvalue weighted by molar-refractivity contribution is -0.139. The Kier molecular flexibility index (Phi) is 6.44. The average molecular weight is 271 g/mol. The maximum absolute atomic E-state index is 12.0. The smallest absolute Gasteiger partial charge is 0.339 e. The molecule has 0 aliphatic carbocycles. The van der Waals surface area contributed by atoms with Crippen molar-refractivity contribution in [1.82, 2.24) is 0 Å². The van der Waals surface area contributed by atoms with Crippen LogP contribution in [0.15, 0.2) is 58.2 Å². The fraction of sp³-hybridized carbons (Fsp3) is 0.294. The van der Waals surface area contributed by atoms with Crippen LogP contribution in [-0.4, -0.2) is 12.2 Å². The number of aliphatic imine (C=N–C) groups is 1. The molecule has 1 aromatic carbocycles. The molecule has 1 aromatic rings. The fourth-order valence-electron chi connectivity index (χ4n) is 1.45. The van der Waals surface area contributed by atoms with E-state index in [2.05, 4.69) is 4.99 Å². The van der Waals surface area contributed by atoms with Crippen LogP contribution in [-0.2, 0) is 16.1 Å². The van der Waals surface area contributed by atoms with Crippen LogP contribution in [0.2, 0.25) is 0 Å². The topological polar surface area (TPSA) is 38.7 Å². The van der Waals surface area contributed by atoms with E-state index in [1.165, 1.54) is 0 Å². The molecule has 0 saturated carbocycles. The van der Waals surface area contributed by atoms with Crippen molar-refractivity contribution in [3.63, 3.8) is 0 Å². The molecule has 0 aliphatic rings. The molecular weight excluding hydrogens is 250 g/mol. The van der Waals surface area contributed by atoms with E-state index < -0.39 is 0 Å². The summed E-state index contributed by atoms with van der Waals surface area (Å²) >= 11 is 0. The number of benzene rings is 1. The summed E-state index contributed by atoms with van der Waals surface area (Å²) in [5.74, 6) is -0.347. The van der Waals surface area contributed by atoms with Gasteiger partial charge in [0.15, 0.2) is 0 Å². The number of rotatable bonds is 5. The van der Waals surface area contributed by atoms with Gasteiger partial charge in [-0.05, 0) is 33.3 Å². The molecule has 0 amide bonds. The monoisotopic (exact) mass is 271 g/mol. The Balaban J connectivity index is 2.69. The average Bonchev–Trinajstić information content (AvgIpc) is 2.41. The first kappa shape index (κ1) is 15.9. The molecule has 0 N–H and O–H groups in total. The number of hydrogen-bond acceptors (Lipinski definition) is 3. The van der Waals surface area contributed by atoms with Crippen LogP contribution in [0.3, 0.4) is 0 Å². The van der Waals surface area contributed by atoms with Gasteiger partial charge in [0.05, 0.1) is 5.57 Å². The van der Waals surface area contributed by atoms with Gasteiger partial charge in [-0.25, -0.2) is 4.79 Å². The Labute approximate surface area is 120 Å². The lowest BCUT2D eigenvalue weighted by Gasteiger charge is -2.06. The highest BCUT2D eigenvalue weighted by Gasteiger charge is 2.10. The summed E-state index contributed by atoms with van der Waals surface area (Å²) in [4.78, 5) is 16.2. The minimum absolute atomic E-state index is 0.271. The van der Waals surface area contributed by atoms with Crippen LogP contribution in [0.4, 0.5) is 0 Å². The molecule has 0 heterocycles. The molecule has 3 nitrogen and oxygen atoms in total. The Hall–Kier alpha value is -2.16. The molecule has 0 fully saturated rings. The van der Waals surface area contributed by atoms with E-state index in [-0.39, 0.29) is 12.6 Å². The summed E-state index contributed by atoms with van der Waals surface area (Å²) in [5.41, 5.74) is 3.43. The van der Waals surface area contributed by atoms with Crippen molar-refractivity contribution >= 4 is 12.2 Å². The molecular formula is C17H21NO2. The standard InChI is InChI=1S/C17H21NO2/c1-13(2)10-18-11-16(14(3)4)17(19)20-12-15-8-6-5-7-9-15/h5-11H,12H2,1-4H3/b18-11-. The van der Waals surface area contributed by atoms with Crippen LogP contribution in [0.1, 0.15) is 33.3 Å². The van der Waals surface area contributed by atoms with Crippen LogP contribution < -0.4 is 0 Å². The van der Waals surface area contributed by atoms with Crippen LogP contribution in [0, 0.1) is 0 Å². The van der Waals surface area contributed by atoms with Crippen molar-refractivity contribution in [2.45, 2.75) is 34.3 Å². The molecule has 1 rings (SSSR count). The lowest BCUT2D eigenvalue weighted by Crippen LogP contribution is -2.10. The Morgan fingerprint density at radius 2 is 1.80 bits per heavy atom. The van der Waals surface area contributed by atoms with Gasteiger partial charge in [-0.1, -0.05) is 41.5 Å². The first-order valence-electron chi connectivity index (χ1n) is 6.55. The predicted octanol–water partition coefficient (Wildman–Crippen LogP) is 4.06. The summed E-state index contributed by atoms with van der Waals surface area (Å²) in [6.07, 6.45) is 3.27. The molecule has 3 heteroatoms. The largest absolute Gasteiger partial charge is 0.457 e. The first-order chi connectivity index (χ1) is 9.50. The highest BCUT2D eigenvalue weighted by molar-refractivity contribution is 6.10. The van der Waals surface area contributed by atoms with Gasteiger partial charge in [-0.2, -0.15) is 0 Å². The highest BCUT2D eigenvalue weighted by atomic mass is 16.5. The molecule has 0 aliphatic heterocycles. The van der Waals surface area contributed by atoms with E-state index >= 15 is 0 Å². The Bertz CT molecular complexity index is 531. The van der Waals surface area contributed by atoms with Gasteiger partial charge in [0.2, 0.25) is 0 Å². The zero-order valence-electron chi connectivity index (χ0n) is 12.5. The van der Waals surface area contributed by atoms with Crippen molar-refractivity contribution < 1.29 is 9.53 Å². The summed E-state index contributed by atoms with van der Waals surface area (Å²) in [6.45, 7) is 7.91. The third-order valence-electron chi connectivity index (χ3n) is 2.51. The first-order valence-corrected chi connectivity index (χ1v) is 6.55. The van der Waals surface area contributed by atoms with Gasteiger partial charge < -0.3 is 4.74 Å². The minimum atomic E-state index is -0.347. The highest BCUT2D eigenvalue weighted by Crippen LogP contribution is 2.07. The van der Waals surface area contributed by atoms with E-state index in [4.69, 9.17) is 4.74 Å². The van der Waals surface area contributed by atoms with E-state index in [9.17, 15) is 4.79 Å². The number of carbonyl (C=O) groups excluding carboxylic acids is 1. The minimum Gasteiger partial charge on any atom is -0.457 e. The predicted molar refractivity (Wildman–Crippen MR) is 82.5 cm³/mol. The number of ether oxygens (including phenoxy) is 1. The Morgan fingerprint density at radius 1 is 1.15 bits per heavy atom. The lowest BCUT2D eigenvalue weighted by atomic mass is 10.1. The second-order valence-corrected chi connectivity index (χ2v) is 4.96. The SMILES string of the molecule is CC(C)=C/N=C\C(C(=O)OCc1ccccc1)=C(C)C. The third-order valence-corrected chi connectivity index (χ3v) is 2.51. The van der Waals surface area contributed by atoms with Gasteiger partial charge >= 0.3 is 5.97 Å². The van der Waals surface area contributed by atoms with Crippen molar-refractivity contribution in [3.05, 3.63) is 58.8 Å². The summed E-state index contributed by atoms with van der Waals surface area (Å²) in [5, 5.41) is 0. The molecule has 0 aromatic heterocycles.